The zero-order chi connectivity index (χ0) is 15.2. The molecule has 1 atom stereocenters. The third-order valence-corrected chi connectivity index (χ3v) is 3.24. The largest absolute Gasteiger partial charge is 0.384 e. The minimum atomic E-state index is -0.558. The number of amides is 2. The van der Waals surface area contributed by atoms with Crippen LogP contribution in [0.2, 0.25) is 0 Å². The van der Waals surface area contributed by atoms with Crippen LogP contribution in [-0.4, -0.2) is 35.4 Å². The van der Waals surface area contributed by atoms with Gasteiger partial charge in [-0.15, -0.1) is 0 Å². The Labute approximate surface area is 124 Å². The summed E-state index contributed by atoms with van der Waals surface area (Å²) in [6.07, 6.45) is 4.70. The average molecular weight is 290 g/mol. The molecule has 0 aromatic carbocycles. The number of aromatic nitrogens is 1. The van der Waals surface area contributed by atoms with Crippen molar-refractivity contribution in [3.63, 3.8) is 0 Å². The normalized spacial score (nSPS) is 15.1. The zero-order valence-electron chi connectivity index (χ0n) is 12.5. The maximum Gasteiger partial charge on any atom is 0.270 e. The third kappa shape index (κ3) is 4.73. The lowest BCUT2D eigenvalue weighted by atomic mass is 10.2. The Morgan fingerprint density at radius 2 is 2.14 bits per heavy atom. The summed E-state index contributed by atoms with van der Waals surface area (Å²) in [5.41, 5.74) is 1.19. The Bertz CT molecular complexity index is 497. The first-order valence-electron chi connectivity index (χ1n) is 7.41. The zero-order valence-corrected chi connectivity index (χ0v) is 12.5. The number of carbonyl (C=O) groups is 2. The van der Waals surface area contributed by atoms with Crippen LogP contribution in [0.15, 0.2) is 18.3 Å². The summed E-state index contributed by atoms with van der Waals surface area (Å²) in [4.78, 5) is 27.9. The number of hydrogen-bond acceptors (Lipinski definition) is 4. The van der Waals surface area contributed by atoms with E-state index in [-0.39, 0.29) is 11.8 Å². The Morgan fingerprint density at radius 3 is 2.71 bits per heavy atom. The molecule has 1 aromatic heterocycles. The van der Waals surface area contributed by atoms with Crippen molar-refractivity contribution in [3.05, 3.63) is 24.0 Å². The predicted octanol–water partition coefficient (Wildman–Crippen LogP) is 1.30. The molecule has 0 radical (unpaired) electrons. The molecule has 0 spiro atoms. The van der Waals surface area contributed by atoms with Crippen LogP contribution in [0, 0.1) is 0 Å². The molecule has 1 aromatic rings. The van der Waals surface area contributed by atoms with Gasteiger partial charge in [-0.25, -0.2) is 4.98 Å². The first-order valence-corrected chi connectivity index (χ1v) is 7.41. The van der Waals surface area contributed by atoms with Crippen LogP contribution in [-0.2, 0) is 4.79 Å². The van der Waals surface area contributed by atoms with Crippen LogP contribution in [0.3, 0.4) is 0 Å². The van der Waals surface area contributed by atoms with E-state index in [4.69, 9.17) is 0 Å². The Balaban J connectivity index is 1.85. The Morgan fingerprint density at radius 1 is 1.38 bits per heavy atom. The second-order valence-corrected chi connectivity index (χ2v) is 5.34. The molecular formula is C15H22N4O2. The van der Waals surface area contributed by atoms with Crippen molar-refractivity contribution in [2.75, 3.05) is 11.9 Å². The van der Waals surface area contributed by atoms with Crippen LogP contribution >= 0.6 is 0 Å². The number of nitrogens with zero attached hydrogens (tertiary/aromatic N) is 1. The maximum atomic E-state index is 12.0. The van der Waals surface area contributed by atoms with Gasteiger partial charge >= 0.3 is 0 Å². The molecule has 1 fully saturated rings. The lowest BCUT2D eigenvalue weighted by Crippen LogP contribution is -2.45. The monoisotopic (exact) mass is 290 g/mol. The molecule has 2 amide bonds. The van der Waals surface area contributed by atoms with Crippen LogP contribution in [0.1, 0.15) is 43.6 Å². The topological polar surface area (TPSA) is 83.1 Å². The highest BCUT2D eigenvalue weighted by Crippen LogP contribution is 2.18. The molecular weight excluding hydrogens is 268 g/mol. The molecule has 3 N–H and O–H groups in total. The number of anilines is 1. The summed E-state index contributed by atoms with van der Waals surface area (Å²) < 4.78 is 0. The summed E-state index contributed by atoms with van der Waals surface area (Å²) >= 11 is 0. The molecule has 6 heteroatoms. The Hall–Kier alpha value is -2.11. The van der Waals surface area contributed by atoms with E-state index >= 15 is 0 Å². The van der Waals surface area contributed by atoms with Gasteiger partial charge in [0, 0.05) is 12.6 Å². The van der Waals surface area contributed by atoms with Crippen molar-refractivity contribution in [1.82, 2.24) is 15.6 Å². The molecule has 1 aliphatic carbocycles. The van der Waals surface area contributed by atoms with Gasteiger partial charge in [-0.2, -0.15) is 0 Å². The number of pyridine rings is 1. The summed E-state index contributed by atoms with van der Waals surface area (Å²) in [5.74, 6) is -0.484. The minimum absolute atomic E-state index is 0.146. The smallest absolute Gasteiger partial charge is 0.270 e. The predicted molar refractivity (Wildman–Crippen MR) is 81.1 cm³/mol. The first-order chi connectivity index (χ1) is 10.1. The molecule has 2 rings (SSSR count). The average Bonchev–Trinajstić information content (AvgIpc) is 3.29. The van der Waals surface area contributed by atoms with Gasteiger partial charge in [0.05, 0.1) is 11.9 Å². The fraction of sp³-hybridized carbons (Fsp3) is 0.533. The lowest BCUT2D eigenvalue weighted by molar-refractivity contribution is -0.122. The van der Waals surface area contributed by atoms with E-state index in [1.54, 1.807) is 19.2 Å². The van der Waals surface area contributed by atoms with Gasteiger partial charge < -0.3 is 16.0 Å². The highest BCUT2D eigenvalue weighted by Gasteiger charge is 2.26. The molecule has 21 heavy (non-hydrogen) atoms. The molecule has 0 aliphatic heterocycles. The second-order valence-electron chi connectivity index (χ2n) is 5.34. The van der Waals surface area contributed by atoms with Crippen LogP contribution in [0.5, 0.6) is 0 Å². The molecule has 1 heterocycles. The van der Waals surface area contributed by atoms with Gasteiger partial charge in [0.25, 0.3) is 5.91 Å². The highest BCUT2D eigenvalue weighted by molar-refractivity contribution is 5.96. The fourth-order valence-electron chi connectivity index (χ4n) is 1.79. The van der Waals surface area contributed by atoms with Gasteiger partial charge in [-0.1, -0.05) is 6.92 Å². The van der Waals surface area contributed by atoms with E-state index in [9.17, 15) is 9.59 Å². The van der Waals surface area contributed by atoms with E-state index in [1.165, 1.54) is 0 Å². The second kappa shape index (κ2) is 7.06. The van der Waals surface area contributed by atoms with Gasteiger partial charge in [0.15, 0.2) is 0 Å². The molecule has 0 bridgehead atoms. The van der Waals surface area contributed by atoms with Gasteiger partial charge in [-0.3, -0.25) is 9.59 Å². The number of hydrogen-bond donors (Lipinski definition) is 3. The van der Waals surface area contributed by atoms with E-state index in [1.807, 2.05) is 6.07 Å². The quantitative estimate of drug-likeness (QED) is 0.707. The number of rotatable bonds is 7. The number of nitrogens with one attached hydrogen (secondary N) is 3. The number of carbonyl (C=O) groups excluding carboxylic acids is 2. The van der Waals surface area contributed by atoms with E-state index < -0.39 is 6.04 Å². The van der Waals surface area contributed by atoms with Crippen LogP contribution < -0.4 is 16.0 Å². The van der Waals surface area contributed by atoms with E-state index in [0.29, 0.717) is 11.7 Å². The molecule has 1 unspecified atom stereocenters. The first kappa shape index (κ1) is 15.3. The maximum absolute atomic E-state index is 12.0. The van der Waals surface area contributed by atoms with Crippen LogP contribution in [0.4, 0.5) is 5.69 Å². The van der Waals surface area contributed by atoms with E-state index in [2.05, 4.69) is 27.9 Å². The lowest BCUT2D eigenvalue weighted by Gasteiger charge is -2.13. The van der Waals surface area contributed by atoms with Crippen molar-refractivity contribution in [3.8, 4) is 0 Å². The molecule has 1 saturated carbocycles. The SMILES string of the molecule is CCCNc1ccc(C(=O)NC(C)C(=O)NC2CC2)nc1. The van der Waals surface area contributed by atoms with Crippen molar-refractivity contribution in [2.45, 2.75) is 45.2 Å². The van der Waals surface area contributed by atoms with Crippen LogP contribution in [0.25, 0.3) is 0 Å². The molecule has 1 aliphatic rings. The van der Waals surface area contributed by atoms with Gasteiger partial charge in [0.1, 0.15) is 11.7 Å². The van der Waals surface area contributed by atoms with Crippen molar-refractivity contribution in [1.29, 1.82) is 0 Å². The highest BCUT2D eigenvalue weighted by atomic mass is 16.2. The van der Waals surface area contributed by atoms with E-state index in [0.717, 1.165) is 31.5 Å². The van der Waals surface area contributed by atoms with Crippen molar-refractivity contribution in [2.24, 2.45) is 0 Å². The summed E-state index contributed by atoms with van der Waals surface area (Å²) in [5, 5.41) is 8.71. The molecule has 6 nitrogen and oxygen atoms in total. The minimum Gasteiger partial charge on any atom is -0.384 e. The summed E-state index contributed by atoms with van der Waals surface area (Å²) in [7, 11) is 0. The summed E-state index contributed by atoms with van der Waals surface area (Å²) in [6.45, 7) is 4.62. The standard InChI is InChI=1S/C15H22N4O2/c1-3-8-16-12-6-7-13(17-9-12)15(21)18-10(2)14(20)19-11-4-5-11/h6-7,9-11,16H,3-5,8H2,1-2H3,(H,18,21)(H,19,20). The third-order valence-electron chi connectivity index (χ3n) is 3.24. The molecule has 0 saturated heterocycles. The van der Waals surface area contributed by atoms with Crippen molar-refractivity contribution >= 4 is 17.5 Å². The van der Waals surface area contributed by atoms with Crippen molar-refractivity contribution < 1.29 is 9.59 Å². The fourth-order valence-corrected chi connectivity index (χ4v) is 1.79. The van der Waals surface area contributed by atoms with Gasteiger partial charge in [-0.05, 0) is 38.3 Å². The molecule has 114 valence electrons. The Kier molecular flexibility index (Phi) is 5.14. The van der Waals surface area contributed by atoms with Gasteiger partial charge in [0.2, 0.25) is 5.91 Å². The summed E-state index contributed by atoms with van der Waals surface area (Å²) in [6, 6.07) is 3.20.